The van der Waals surface area contributed by atoms with Crippen molar-refractivity contribution in [2.45, 2.75) is 6.42 Å². The van der Waals surface area contributed by atoms with Crippen molar-refractivity contribution in [2.75, 3.05) is 5.32 Å². The van der Waals surface area contributed by atoms with Crippen LogP contribution in [0.4, 0.5) is 5.69 Å². The molecule has 0 aliphatic carbocycles. The predicted molar refractivity (Wildman–Crippen MR) is 78.2 cm³/mol. The fourth-order valence-corrected chi connectivity index (χ4v) is 2.38. The Labute approximate surface area is 116 Å². The monoisotopic (exact) mass is 269 g/mol. The van der Waals surface area contributed by atoms with Crippen LogP contribution in [0.2, 0.25) is 5.02 Å². The third kappa shape index (κ3) is 2.54. The SMILES string of the molecule is O=C1Nc2ccc(Cl)cc2C/C1=C\c1ccccc1. The van der Waals surface area contributed by atoms with Crippen LogP contribution in [0.15, 0.2) is 54.1 Å². The van der Waals surface area contributed by atoms with Gasteiger partial charge in [-0.2, -0.15) is 0 Å². The first-order chi connectivity index (χ1) is 9.22. The van der Waals surface area contributed by atoms with E-state index >= 15 is 0 Å². The fourth-order valence-electron chi connectivity index (χ4n) is 2.19. The van der Waals surface area contributed by atoms with E-state index in [1.807, 2.05) is 48.5 Å². The van der Waals surface area contributed by atoms with Gasteiger partial charge < -0.3 is 5.32 Å². The summed E-state index contributed by atoms with van der Waals surface area (Å²) < 4.78 is 0. The summed E-state index contributed by atoms with van der Waals surface area (Å²) in [5.41, 5.74) is 3.67. The summed E-state index contributed by atoms with van der Waals surface area (Å²) in [6.07, 6.45) is 2.52. The van der Waals surface area contributed by atoms with Crippen molar-refractivity contribution in [3.63, 3.8) is 0 Å². The Bertz CT molecular complexity index is 662. The molecule has 2 nitrogen and oxygen atoms in total. The lowest BCUT2D eigenvalue weighted by molar-refractivity contribution is -0.113. The third-order valence-electron chi connectivity index (χ3n) is 3.13. The van der Waals surface area contributed by atoms with Gasteiger partial charge in [-0.15, -0.1) is 0 Å². The van der Waals surface area contributed by atoms with E-state index in [9.17, 15) is 4.79 Å². The van der Waals surface area contributed by atoms with Crippen molar-refractivity contribution in [2.24, 2.45) is 0 Å². The second-order valence-electron chi connectivity index (χ2n) is 4.51. The highest BCUT2D eigenvalue weighted by Crippen LogP contribution is 2.28. The topological polar surface area (TPSA) is 29.1 Å². The lowest BCUT2D eigenvalue weighted by atomic mass is 9.97. The highest BCUT2D eigenvalue weighted by Gasteiger charge is 2.19. The minimum absolute atomic E-state index is 0.0429. The molecule has 0 spiro atoms. The van der Waals surface area contributed by atoms with Crippen molar-refractivity contribution in [1.82, 2.24) is 0 Å². The molecule has 3 rings (SSSR count). The summed E-state index contributed by atoms with van der Waals surface area (Å²) in [6.45, 7) is 0. The van der Waals surface area contributed by atoms with Gasteiger partial charge in [0, 0.05) is 22.7 Å². The minimum atomic E-state index is -0.0429. The lowest BCUT2D eigenvalue weighted by Crippen LogP contribution is -2.22. The predicted octanol–water partition coefficient (Wildman–Crippen LogP) is 3.92. The number of carbonyl (C=O) groups is 1. The van der Waals surface area contributed by atoms with Gasteiger partial charge in [0.15, 0.2) is 0 Å². The molecule has 0 aromatic heterocycles. The number of rotatable bonds is 1. The van der Waals surface area contributed by atoms with Crippen molar-refractivity contribution in [3.8, 4) is 0 Å². The number of fused-ring (bicyclic) bond motifs is 1. The molecule has 0 saturated carbocycles. The van der Waals surface area contributed by atoms with Crippen LogP contribution in [0.25, 0.3) is 6.08 Å². The van der Waals surface area contributed by atoms with Crippen molar-refractivity contribution < 1.29 is 4.79 Å². The summed E-state index contributed by atoms with van der Waals surface area (Å²) in [4.78, 5) is 12.0. The first-order valence-electron chi connectivity index (χ1n) is 6.08. The Hall–Kier alpha value is -2.06. The van der Waals surface area contributed by atoms with Gasteiger partial charge in [-0.25, -0.2) is 0 Å². The molecule has 0 atom stereocenters. The number of anilines is 1. The van der Waals surface area contributed by atoms with Crippen LogP contribution >= 0.6 is 11.6 Å². The van der Waals surface area contributed by atoms with Crippen LogP contribution in [0.5, 0.6) is 0 Å². The summed E-state index contributed by atoms with van der Waals surface area (Å²) in [7, 11) is 0. The maximum atomic E-state index is 12.0. The molecule has 0 unspecified atom stereocenters. The van der Waals surface area contributed by atoms with Gasteiger partial charge in [-0.3, -0.25) is 4.79 Å². The zero-order valence-electron chi connectivity index (χ0n) is 10.2. The van der Waals surface area contributed by atoms with E-state index < -0.39 is 0 Å². The van der Waals surface area contributed by atoms with Gasteiger partial charge in [-0.1, -0.05) is 41.9 Å². The van der Waals surface area contributed by atoms with Crippen LogP contribution < -0.4 is 5.32 Å². The Morgan fingerprint density at radius 2 is 1.89 bits per heavy atom. The van der Waals surface area contributed by atoms with Crippen LogP contribution in [0, 0.1) is 0 Å². The van der Waals surface area contributed by atoms with Crippen LogP contribution in [0.1, 0.15) is 11.1 Å². The van der Waals surface area contributed by atoms with Gasteiger partial charge in [0.1, 0.15) is 0 Å². The molecule has 2 aromatic rings. The Kier molecular flexibility index (Phi) is 3.10. The van der Waals surface area contributed by atoms with Crippen molar-refractivity contribution in [3.05, 3.63) is 70.3 Å². The maximum Gasteiger partial charge on any atom is 0.251 e. The summed E-state index contributed by atoms with van der Waals surface area (Å²) >= 11 is 5.99. The maximum absolute atomic E-state index is 12.0. The zero-order valence-corrected chi connectivity index (χ0v) is 10.9. The van der Waals surface area contributed by atoms with Crippen LogP contribution in [0.3, 0.4) is 0 Å². The first kappa shape index (κ1) is 12.0. The number of amides is 1. The Balaban J connectivity index is 1.97. The van der Waals surface area contributed by atoms with Gasteiger partial charge in [0.05, 0.1) is 0 Å². The van der Waals surface area contributed by atoms with Crippen molar-refractivity contribution in [1.29, 1.82) is 0 Å². The number of benzene rings is 2. The second kappa shape index (κ2) is 4.90. The summed E-state index contributed by atoms with van der Waals surface area (Å²) in [5, 5.41) is 3.58. The molecule has 1 N–H and O–H groups in total. The molecule has 19 heavy (non-hydrogen) atoms. The number of hydrogen-bond acceptors (Lipinski definition) is 1. The van der Waals surface area contributed by atoms with Gasteiger partial charge in [0.25, 0.3) is 5.91 Å². The molecule has 1 aliphatic heterocycles. The molecule has 3 heteroatoms. The minimum Gasteiger partial charge on any atom is -0.322 e. The third-order valence-corrected chi connectivity index (χ3v) is 3.36. The molecule has 0 saturated heterocycles. The molecular formula is C16H12ClNO. The van der Waals surface area contributed by atoms with E-state index in [1.165, 1.54) is 0 Å². The van der Waals surface area contributed by atoms with E-state index in [1.54, 1.807) is 6.07 Å². The van der Waals surface area contributed by atoms with Crippen molar-refractivity contribution >= 4 is 29.3 Å². The van der Waals surface area contributed by atoms with E-state index in [2.05, 4.69) is 5.32 Å². The highest BCUT2D eigenvalue weighted by molar-refractivity contribution is 6.30. The lowest BCUT2D eigenvalue weighted by Gasteiger charge is -2.19. The largest absolute Gasteiger partial charge is 0.322 e. The molecule has 94 valence electrons. The van der Waals surface area contributed by atoms with E-state index in [0.29, 0.717) is 11.4 Å². The molecular weight excluding hydrogens is 258 g/mol. The molecule has 0 bridgehead atoms. The molecule has 1 amide bonds. The number of carbonyl (C=O) groups excluding carboxylic acids is 1. The molecule has 2 aromatic carbocycles. The van der Waals surface area contributed by atoms with Crippen LogP contribution in [-0.4, -0.2) is 5.91 Å². The van der Waals surface area contributed by atoms with E-state index in [-0.39, 0.29) is 5.91 Å². The number of halogens is 1. The molecule has 0 radical (unpaired) electrons. The average molecular weight is 270 g/mol. The molecule has 1 heterocycles. The fraction of sp³-hybridized carbons (Fsp3) is 0.0625. The van der Waals surface area contributed by atoms with Gasteiger partial charge in [0.2, 0.25) is 0 Å². The summed E-state index contributed by atoms with van der Waals surface area (Å²) in [6, 6.07) is 15.4. The molecule has 1 aliphatic rings. The smallest absolute Gasteiger partial charge is 0.251 e. The molecule has 0 fully saturated rings. The van der Waals surface area contributed by atoms with Gasteiger partial charge >= 0.3 is 0 Å². The second-order valence-corrected chi connectivity index (χ2v) is 4.95. The Morgan fingerprint density at radius 3 is 2.68 bits per heavy atom. The first-order valence-corrected chi connectivity index (χ1v) is 6.45. The highest BCUT2D eigenvalue weighted by atomic mass is 35.5. The Morgan fingerprint density at radius 1 is 1.11 bits per heavy atom. The van der Waals surface area contributed by atoms with E-state index in [4.69, 9.17) is 11.6 Å². The number of nitrogens with one attached hydrogen (secondary N) is 1. The standard InChI is InChI=1S/C16H12ClNO/c17-14-6-7-15-12(10-14)9-13(16(19)18-15)8-11-4-2-1-3-5-11/h1-8,10H,9H2,(H,18,19)/b13-8+. The normalized spacial score (nSPS) is 16.1. The number of hydrogen-bond donors (Lipinski definition) is 1. The average Bonchev–Trinajstić information content (AvgIpc) is 2.41. The zero-order chi connectivity index (χ0) is 13.2. The summed E-state index contributed by atoms with van der Waals surface area (Å²) in [5.74, 6) is -0.0429. The quantitative estimate of drug-likeness (QED) is 0.781. The van der Waals surface area contributed by atoms with Crippen LogP contribution in [-0.2, 0) is 11.2 Å². The van der Waals surface area contributed by atoms with E-state index in [0.717, 1.165) is 22.4 Å². The van der Waals surface area contributed by atoms with Gasteiger partial charge in [-0.05, 0) is 35.4 Å².